The van der Waals surface area contributed by atoms with E-state index in [1.807, 2.05) is 0 Å². The van der Waals surface area contributed by atoms with Gasteiger partial charge in [-0.3, -0.25) is 4.79 Å². The number of methoxy groups -OCH3 is 1. The van der Waals surface area contributed by atoms with Gasteiger partial charge in [0.05, 0.1) is 12.6 Å². The number of rotatable bonds is 6. The van der Waals surface area contributed by atoms with Crippen LogP contribution in [0.15, 0.2) is 18.2 Å². The molecule has 1 unspecified atom stereocenters. The largest absolute Gasteiger partial charge is 0.494 e. The normalized spacial score (nSPS) is 21.9. The Morgan fingerprint density at radius 1 is 1.50 bits per heavy atom. The van der Waals surface area contributed by atoms with Crippen LogP contribution in [0.25, 0.3) is 0 Å². The summed E-state index contributed by atoms with van der Waals surface area (Å²) in [5.41, 5.74) is 0.308. The van der Waals surface area contributed by atoms with Crippen molar-refractivity contribution in [2.24, 2.45) is 0 Å². The maximum absolute atomic E-state index is 13.7. The van der Waals surface area contributed by atoms with Gasteiger partial charge in [0.2, 0.25) is 0 Å². The molecule has 1 aromatic rings. The summed E-state index contributed by atoms with van der Waals surface area (Å²) in [6, 6.07) is 4.73. The average Bonchev–Trinajstić information content (AvgIpc) is 2.89. The lowest BCUT2D eigenvalue weighted by atomic mass is 9.84. The first-order valence-electron chi connectivity index (χ1n) is 7.22. The molecular weight excluding hydrogens is 257 g/mol. The van der Waals surface area contributed by atoms with Crippen LogP contribution < -0.4 is 10.1 Å². The summed E-state index contributed by atoms with van der Waals surface area (Å²) in [5, 5.41) is 3.36. The lowest BCUT2D eigenvalue weighted by Gasteiger charge is -2.27. The number of ether oxygens (including phenoxy) is 1. The number of carbonyl (C=O) groups excluding carboxylic acids is 1. The van der Waals surface area contributed by atoms with Gasteiger partial charge >= 0.3 is 0 Å². The highest BCUT2D eigenvalue weighted by atomic mass is 19.1. The van der Waals surface area contributed by atoms with Crippen molar-refractivity contribution in [1.29, 1.82) is 0 Å². The van der Waals surface area contributed by atoms with E-state index < -0.39 is 11.4 Å². The molecule has 1 atom stereocenters. The predicted octanol–water partition coefficient (Wildman–Crippen LogP) is 2.87. The molecule has 20 heavy (non-hydrogen) atoms. The second-order valence-corrected chi connectivity index (χ2v) is 5.43. The molecule has 0 amide bonds. The fourth-order valence-corrected chi connectivity index (χ4v) is 3.00. The second kappa shape index (κ2) is 6.35. The molecule has 0 aliphatic carbocycles. The summed E-state index contributed by atoms with van der Waals surface area (Å²) in [7, 11) is 1.43. The van der Waals surface area contributed by atoms with E-state index in [-0.39, 0.29) is 18.0 Å². The lowest BCUT2D eigenvalue weighted by Crippen LogP contribution is -2.48. The molecule has 110 valence electrons. The maximum Gasteiger partial charge on any atom is 0.165 e. The Morgan fingerprint density at radius 3 is 2.85 bits per heavy atom. The number of hydrogen-bond donors (Lipinski definition) is 1. The van der Waals surface area contributed by atoms with Crippen molar-refractivity contribution in [2.45, 2.75) is 44.6 Å². The predicted molar refractivity (Wildman–Crippen MR) is 76.5 cm³/mol. The topological polar surface area (TPSA) is 38.3 Å². The van der Waals surface area contributed by atoms with Gasteiger partial charge in [-0.2, -0.15) is 0 Å². The molecule has 3 nitrogen and oxygen atoms in total. The van der Waals surface area contributed by atoms with Gasteiger partial charge in [-0.1, -0.05) is 19.4 Å². The van der Waals surface area contributed by atoms with Gasteiger partial charge in [-0.25, -0.2) is 4.39 Å². The Labute approximate surface area is 119 Å². The highest BCUT2D eigenvalue weighted by Crippen LogP contribution is 2.28. The van der Waals surface area contributed by atoms with E-state index in [1.54, 1.807) is 12.1 Å². The molecule has 2 rings (SSSR count). The summed E-state index contributed by atoms with van der Waals surface area (Å²) in [6.07, 6.45) is 4.01. The Balaban J connectivity index is 2.12. The third kappa shape index (κ3) is 3.01. The monoisotopic (exact) mass is 279 g/mol. The van der Waals surface area contributed by atoms with Crippen molar-refractivity contribution in [1.82, 2.24) is 5.32 Å². The van der Waals surface area contributed by atoms with E-state index in [4.69, 9.17) is 4.74 Å². The maximum atomic E-state index is 13.7. The summed E-state index contributed by atoms with van der Waals surface area (Å²) in [4.78, 5) is 12.6. The third-order valence-corrected chi connectivity index (χ3v) is 4.04. The molecule has 1 saturated heterocycles. The molecule has 1 fully saturated rings. The molecule has 0 saturated carbocycles. The standard InChI is InChI=1S/C16H22FNO2/c1-3-7-16(8-4-9-18-16)15(19)11-12-5-6-14(20-2)13(17)10-12/h5-6,10,18H,3-4,7-9,11H2,1-2H3. The van der Waals surface area contributed by atoms with Gasteiger partial charge in [-0.05, 0) is 43.5 Å². The average molecular weight is 279 g/mol. The fraction of sp³-hybridized carbons (Fsp3) is 0.562. The fourth-order valence-electron chi connectivity index (χ4n) is 3.00. The van der Waals surface area contributed by atoms with Crippen LogP contribution >= 0.6 is 0 Å². The third-order valence-electron chi connectivity index (χ3n) is 4.04. The molecule has 0 spiro atoms. The van der Waals surface area contributed by atoms with Crippen LogP contribution in [0.1, 0.15) is 38.2 Å². The Kier molecular flexibility index (Phi) is 4.76. The number of ketones is 1. The Bertz CT molecular complexity index is 481. The first kappa shape index (κ1) is 15.0. The van der Waals surface area contributed by atoms with Crippen LogP contribution in [-0.2, 0) is 11.2 Å². The molecule has 1 N–H and O–H groups in total. The summed E-state index contributed by atoms with van der Waals surface area (Å²) < 4.78 is 18.6. The molecule has 1 heterocycles. The molecule has 4 heteroatoms. The Morgan fingerprint density at radius 2 is 2.30 bits per heavy atom. The SMILES string of the molecule is CCCC1(C(=O)Cc2ccc(OC)c(F)c2)CCCN1. The molecular formula is C16H22FNO2. The van der Waals surface area contributed by atoms with Gasteiger partial charge < -0.3 is 10.1 Å². The van der Waals surface area contributed by atoms with E-state index in [0.717, 1.165) is 32.2 Å². The van der Waals surface area contributed by atoms with E-state index in [9.17, 15) is 9.18 Å². The molecule has 0 radical (unpaired) electrons. The second-order valence-electron chi connectivity index (χ2n) is 5.43. The van der Waals surface area contributed by atoms with Crippen LogP contribution in [0.3, 0.4) is 0 Å². The van der Waals surface area contributed by atoms with Crippen LogP contribution in [0, 0.1) is 5.82 Å². The molecule has 1 aromatic carbocycles. The van der Waals surface area contributed by atoms with Gasteiger partial charge in [0.15, 0.2) is 17.3 Å². The van der Waals surface area contributed by atoms with Crippen molar-refractivity contribution < 1.29 is 13.9 Å². The highest BCUT2D eigenvalue weighted by molar-refractivity contribution is 5.90. The molecule has 0 bridgehead atoms. The highest BCUT2D eigenvalue weighted by Gasteiger charge is 2.39. The zero-order valence-corrected chi connectivity index (χ0v) is 12.2. The number of Topliss-reactive ketones (excluding diaryl/α,β-unsaturated/α-hetero) is 1. The summed E-state index contributed by atoms with van der Waals surface area (Å²) in [5.74, 6) is -0.0356. The first-order valence-corrected chi connectivity index (χ1v) is 7.22. The minimum Gasteiger partial charge on any atom is -0.494 e. The van der Waals surface area contributed by atoms with Crippen molar-refractivity contribution in [2.75, 3.05) is 13.7 Å². The number of nitrogens with one attached hydrogen (secondary N) is 1. The molecule has 0 aromatic heterocycles. The van der Waals surface area contributed by atoms with Gasteiger partial charge in [0, 0.05) is 6.42 Å². The van der Waals surface area contributed by atoms with Crippen molar-refractivity contribution >= 4 is 5.78 Å². The van der Waals surface area contributed by atoms with Crippen molar-refractivity contribution in [3.05, 3.63) is 29.6 Å². The van der Waals surface area contributed by atoms with Crippen LogP contribution in [0.4, 0.5) is 4.39 Å². The van der Waals surface area contributed by atoms with Crippen LogP contribution in [0.5, 0.6) is 5.75 Å². The minimum absolute atomic E-state index is 0.168. The minimum atomic E-state index is -0.415. The van der Waals surface area contributed by atoms with Gasteiger partial charge in [-0.15, -0.1) is 0 Å². The smallest absolute Gasteiger partial charge is 0.165 e. The van der Waals surface area contributed by atoms with Crippen molar-refractivity contribution in [3.8, 4) is 5.75 Å². The summed E-state index contributed by atoms with van der Waals surface area (Å²) in [6.45, 7) is 2.98. The first-order chi connectivity index (χ1) is 9.61. The molecule has 1 aliphatic heterocycles. The lowest BCUT2D eigenvalue weighted by molar-refractivity contribution is -0.124. The molecule has 1 aliphatic rings. The summed E-state index contributed by atoms with van der Waals surface area (Å²) >= 11 is 0. The number of carbonyl (C=O) groups is 1. The quantitative estimate of drug-likeness (QED) is 0.870. The van der Waals surface area contributed by atoms with E-state index >= 15 is 0 Å². The van der Waals surface area contributed by atoms with E-state index in [0.29, 0.717) is 5.56 Å². The van der Waals surface area contributed by atoms with Crippen molar-refractivity contribution in [3.63, 3.8) is 0 Å². The van der Waals surface area contributed by atoms with Crippen LogP contribution in [0.2, 0.25) is 0 Å². The Hall–Kier alpha value is -1.42. The number of benzene rings is 1. The zero-order valence-electron chi connectivity index (χ0n) is 12.2. The van der Waals surface area contributed by atoms with Gasteiger partial charge in [0.25, 0.3) is 0 Å². The van der Waals surface area contributed by atoms with E-state index in [2.05, 4.69) is 12.2 Å². The van der Waals surface area contributed by atoms with E-state index in [1.165, 1.54) is 13.2 Å². The zero-order chi connectivity index (χ0) is 14.6. The van der Waals surface area contributed by atoms with Gasteiger partial charge in [0.1, 0.15) is 0 Å². The number of hydrogen-bond acceptors (Lipinski definition) is 3. The van der Waals surface area contributed by atoms with Crippen LogP contribution in [-0.4, -0.2) is 25.0 Å². The number of halogens is 1.